The van der Waals surface area contributed by atoms with Crippen LogP contribution in [0, 0.1) is 5.92 Å². The average Bonchev–Trinajstić information content (AvgIpc) is 2.77. The van der Waals surface area contributed by atoms with Gasteiger partial charge in [-0.1, -0.05) is 6.07 Å². The van der Waals surface area contributed by atoms with E-state index in [0.29, 0.717) is 44.1 Å². The lowest BCUT2D eigenvalue weighted by atomic mass is 9.97. The van der Waals surface area contributed by atoms with E-state index in [1.807, 2.05) is 6.07 Å². The molecule has 1 amide bonds. The summed E-state index contributed by atoms with van der Waals surface area (Å²) in [5, 5.41) is 2.90. The smallest absolute Gasteiger partial charge is 0.243 e. The molecule has 1 fully saturated rings. The van der Waals surface area contributed by atoms with Crippen LogP contribution >= 0.6 is 0 Å². The van der Waals surface area contributed by atoms with Gasteiger partial charge in [-0.15, -0.1) is 0 Å². The number of nitrogens with one attached hydrogen (secondary N) is 1. The van der Waals surface area contributed by atoms with Crippen molar-refractivity contribution in [2.45, 2.75) is 24.3 Å². The number of hydrogen-bond donors (Lipinski definition) is 1. The lowest BCUT2D eigenvalue weighted by molar-refractivity contribution is -0.126. The van der Waals surface area contributed by atoms with Crippen molar-refractivity contribution in [3.63, 3.8) is 0 Å². The Balaban J connectivity index is 1.56. The van der Waals surface area contributed by atoms with Crippen molar-refractivity contribution in [2.24, 2.45) is 5.92 Å². The molecule has 0 atom stereocenters. The molecular weight excluding hydrogens is 394 g/mol. The molecule has 0 bridgehead atoms. The van der Waals surface area contributed by atoms with Crippen LogP contribution in [-0.2, 0) is 21.4 Å². The molecule has 2 aromatic rings. The van der Waals surface area contributed by atoms with Crippen LogP contribution in [0.5, 0.6) is 11.6 Å². The van der Waals surface area contributed by atoms with E-state index in [9.17, 15) is 13.2 Å². The zero-order valence-electron chi connectivity index (χ0n) is 16.5. The third kappa shape index (κ3) is 4.86. The molecule has 0 saturated carbocycles. The predicted molar refractivity (Wildman–Crippen MR) is 107 cm³/mol. The number of benzene rings is 1. The van der Waals surface area contributed by atoms with Crippen molar-refractivity contribution in [3.8, 4) is 11.6 Å². The Morgan fingerprint density at radius 1 is 1.14 bits per heavy atom. The number of sulfonamides is 1. The van der Waals surface area contributed by atoms with E-state index in [4.69, 9.17) is 9.47 Å². The maximum atomic E-state index is 12.8. The summed E-state index contributed by atoms with van der Waals surface area (Å²) >= 11 is 0. The maximum absolute atomic E-state index is 12.8. The monoisotopic (exact) mass is 419 g/mol. The minimum atomic E-state index is -3.58. The van der Waals surface area contributed by atoms with Crippen molar-refractivity contribution in [3.05, 3.63) is 48.2 Å². The second-order valence-electron chi connectivity index (χ2n) is 6.74. The summed E-state index contributed by atoms with van der Waals surface area (Å²) in [4.78, 5) is 16.8. The first-order chi connectivity index (χ1) is 14.0. The maximum Gasteiger partial charge on any atom is 0.243 e. The zero-order valence-corrected chi connectivity index (χ0v) is 17.3. The number of ether oxygens (including phenoxy) is 2. The summed E-state index contributed by atoms with van der Waals surface area (Å²) in [6, 6.07) is 9.95. The Hall–Kier alpha value is -2.65. The molecule has 0 radical (unpaired) electrons. The molecule has 1 aromatic carbocycles. The fourth-order valence-electron chi connectivity index (χ4n) is 3.32. The lowest BCUT2D eigenvalue weighted by Gasteiger charge is -2.30. The van der Waals surface area contributed by atoms with E-state index in [1.54, 1.807) is 24.4 Å². The third-order valence-corrected chi connectivity index (χ3v) is 6.93. The second-order valence-corrected chi connectivity index (χ2v) is 8.68. The first kappa shape index (κ1) is 21.1. The van der Waals surface area contributed by atoms with Crippen molar-refractivity contribution < 1.29 is 22.7 Å². The Bertz CT molecular complexity index is 939. The molecule has 0 unspecified atom stereocenters. The largest absolute Gasteiger partial charge is 0.497 e. The van der Waals surface area contributed by atoms with Gasteiger partial charge in [-0.05, 0) is 43.2 Å². The number of pyridine rings is 1. The van der Waals surface area contributed by atoms with Gasteiger partial charge in [0.25, 0.3) is 0 Å². The number of carbonyl (C=O) groups is 1. The van der Waals surface area contributed by atoms with Gasteiger partial charge in [0.05, 0.1) is 19.1 Å². The molecule has 1 aliphatic rings. The van der Waals surface area contributed by atoms with Gasteiger partial charge in [-0.2, -0.15) is 4.31 Å². The molecule has 1 aromatic heterocycles. The Labute approximate surface area is 170 Å². The van der Waals surface area contributed by atoms with Gasteiger partial charge in [-0.25, -0.2) is 13.4 Å². The van der Waals surface area contributed by atoms with Crippen molar-refractivity contribution >= 4 is 15.9 Å². The molecule has 0 aliphatic carbocycles. The average molecular weight is 420 g/mol. The summed E-state index contributed by atoms with van der Waals surface area (Å²) < 4.78 is 37.3. The fourth-order valence-corrected chi connectivity index (χ4v) is 4.79. The predicted octanol–water partition coefficient (Wildman–Crippen LogP) is 1.82. The minimum Gasteiger partial charge on any atom is -0.497 e. The van der Waals surface area contributed by atoms with Gasteiger partial charge in [0.1, 0.15) is 5.75 Å². The van der Waals surface area contributed by atoms with Crippen LogP contribution in [0.1, 0.15) is 18.4 Å². The number of rotatable bonds is 7. The highest BCUT2D eigenvalue weighted by molar-refractivity contribution is 7.89. The van der Waals surface area contributed by atoms with E-state index in [2.05, 4.69) is 10.3 Å². The highest BCUT2D eigenvalue weighted by Crippen LogP contribution is 2.25. The molecule has 2 heterocycles. The summed E-state index contributed by atoms with van der Waals surface area (Å²) in [6.07, 6.45) is 2.58. The molecule has 1 N–H and O–H groups in total. The van der Waals surface area contributed by atoms with Crippen molar-refractivity contribution in [1.29, 1.82) is 0 Å². The molecule has 0 spiro atoms. The lowest BCUT2D eigenvalue weighted by Crippen LogP contribution is -2.42. The summed E-state index contributed by atoms with van der Waals surface area (Å²) in [6.45, 7) is 0.936. The normalized spacial score (nSPS) is 15.7. The zero-order chi connectivity index (χ0) is 20.9. The number of methoxy groups -OCH3 is 2. The number of aromatic nitrogens is 1. The summed E-state index contributed by atoms with van der Waals surface area (Å²) in [5.74, 6) is 0.773. The SMILES string of the molecule is COc1ccc(S(=O)(=O)N2CCC(C(=O)NCc3cccnc3OC)CC2)cc1. The van der Waals surface area contributed by atoms with Gasteiger partial charge in [0.15, 0.2) is 0 Å². The van der Waals surface area contributed by atoms with Crippen LogP contribution in [-0.4, -0.2) is 50.9 Å². The number of hydrogen-bond acceptors (Lipinski definition) is 6. The number of piperidine rings is 1. The fraction of sp³-hybridized carbons (Fsp3) is 0.400. The van der Waals surface area contributed by atoms with Crippen LogP contribution in [0.4, 0.5) is 0 Å². The molecule has 3 rings (SSSR count). The van der Waals surface area contributed by atoms with E-state index in [-0.39, 0.29) is 16.7 Å². The van der Waals surface area contributed by atoms with Crippen LogP contribution in [0.3, 0.4) is 0 Å². The first-order valence-corrected chi connectivity index (χ1v) is 10.8. The Morgan fingerprint density at radius 3 is 2.45 bits per heavy atom. The van der Waals surface area contributed by atoms with Crippen LogP contribution in [0.25, 0.3) is 0 Å². The topological polar surface area (TPSA) is 97.8 Å². The van der Waals surface area contributed by atoms with E-state index in [0.717, 1.165) is 5.56 Å². The highest BCUT2D eigenvalue weighted by atomic mass is 32.2. The van der Waals surface area contributed by atoms with E-state index in [1.165, 1.54) is 30.7 Å². The van der Waals surface area contributed by atoms with Crippen LogP contribution in [0.15, 0.2) is 47.5 Å². The quantitative estimate of drug-likeness (QED) is 0.735. The van der Waals surface area contributed by atoms with Crippen LogP contribution < -0.4 is 14.8 Å². The standard InChI is InChI=1S/C20H25N3O5S/c1-27-17-5-7-18(8-6-17)29(25,26)23-12-9-15(10-13-23)19(24)22-14-16-4-3-11-21-20(16)28-2/h3-8,11,15H,9-10,12-14H2,1-2H3,(H,22,24). The second kappa shape index (κ2) is 9.23. The van der Waals surface area contributed by atoms with Crippen molar-refractivity contribution in [2.75, 3.05) is 27.3 Å². The molecule has 156 valence electrons. The van der Waals surface area contributed by atoms with E-state index >= 15 is 0 Å². The third-order valence-electron chi connectivity index (χ3n) is 5.02. The van der Waals surface area contributed by atoms with Gasteiger partial charge >= 0.3 is 0 Å². The molecular formula is C20H25N3O5S. The number of carbonyl (C=O) groups excluding carboxylic acids is 1. The highest BCUT2D eigenvalue weighted by Gasteiger charge is 2.32. The molecule has 29 heavy (non-hydrogen) atoms. The number of amides is 1. The summed E-state index contributed by atoms with van der Waals surface area (Å²) in [7, 11) is -0.513. The minimum absolute atomic E-state index is 0.0857. The first-order valence-electron chi connectivity index (χ1n) is 9.35. The van der Waals surface area contributed by atoms with Gasteiger partial charge in [-0.3, -0.25) is 4.79 Å². The summed E-state index contributed by atoms with van der Waals surface area (Å²) in [5.41, 5.74) is 0.794. The Morgan fingerprint density at radius 2 is 1.83 bits per heavy atom. The number of nitrogens with zero attached hydrogens (tertiary/aromatic N) is 2. The Kier molecular flexibility index (Phi) is 6.71. The van der Waals surface area contributed by atoms with Crippen LogP contribution in [0.2, 0.25) is 0 Å². The van der Waals surface area contributed by atoms with Crippen molar-refractivity contribution in [1.82, 2.24) is 14.6 Å². The van der Waals surface area contributed by atoms with E-state index < -0.39 is 10.0 Å². The van der Waals surface area contributed by atoms with Gasteiger partial charge < -0.3 is 14.8 Å². The molecule has 1 saturated heterocycles. The molecule has 8 nitrogen and oxygen atoms in total. The van der Waals surface area contributed by atoms with Gasteiger partial charge in [0.2, 0.25) is 21.8 Å². The molecule has 1 aliphatic heterocycles. The molecule has 9 heteroatoms. The van der Waals surface area contributed by atoms with Gasteiger partial charge in [0, 0.05) is 37.3 Å².